The molecule has 122 valence electrons. The van der Waals surface area contributed by atoms with Crippen molar-refractivity contribution in [2.45, 2.75) is 26.2 Å². The van der Waals surface area contributed by atoms with Gasteiger partial charge in [0.05, 0.1) is 0 Å². The number of aromatic nitrogens is 2. The van der Waals surface area contributed by atoms with Crippen LogP contribution in [0.5, 0.6) is 0 Å². The van der Waals surface area contributed by atoms with Gasteiger partial charge in [-0.3, -0.25) is 5.32 Å². The fraction of sp³-hybridized carbons (Fsp3) is 0.400. The lowest BCUT2D eigenvalue weighted by molar-refractivity contribution is 0.262. The first-order valence-electron chi connectivity index (χ1n) is 7.54. The van der Waals surface area contributed by atoms with Crippen molar-refractivity contribution in [3.8, 4) is 0 Å². The minimum atomic E-state index is -0.350. The number of aryl methyl sites for hydroxylation is 1. The highest BCUT2D eigenvalue weighted by molar-refractivity contribution is 7.19. The third kappa shape index (κ3) is 4.11. The highest BCUT2D eigenvalue weighted by Crippen LogP contribution is 2.27. The third-order valence-corrected chi connectivity index (χ3v) is 4.84. The van der Waals surface area contributed by atoms with Gasteiger partial charge in [0.1, 0.15) is 0 Å². The predicted molar refractivity (Wildman–Crippen MR) is 94.8 cm³/mol. The van der Waals surface area contributed by atoms with E-state index in [9.17, 15) is 4.79 Å². The number of piperidine rings is 1. The van der Waals surface area contributed by atoms with Gasteiger partial charge in [-0.05, 0) is 43.9 Å². The molecule has 1 saturated heterocycles. The summed E-state index contributed by atoms with van der Waals surface area (Å²) in [6.07, 6.45) is 3.62. The molecule has 0 atom stereocenters. The van der Waals surface area contributed by atoms with Crippen molar-refractivity contribution < 1.29 is 4.79 Å². The molecule has 2 N–H and O–H groups in total. The molecule has 0 saturated carbocycles. The molecular weight excluding hydrogens is 334 g/mol. The summed E-state index contributed by atoms with van der Waals surface area (Å²) < 4.78 is 0. The largest absolute Gasteiger partial charge is 0.347 e. The number of hydrogen-bond donors (Lipinski definition) is 2. The van der Waals surface area contributed by atoms with Gasteiger partial charge in [-0.15, -0.1) is 10.2 Å². The highest BCUT2D eigenvalue weighted by atomic mass is 35.5. The molecule has 1 aliphatic rings. The summed E-state index contributed by atoms with van der Waals surface area (Å²) in [5.74, 6) is 0. The Morgan fingerprint density at radius 3 is 2.78 bits per heavy atom. The third-order valence-electron chi connectivity index (χ3n) is 3.71. The van der Waals surface area contributed by atoms with E-state index in [1.54, 1.807) is 12.1 Å². The summed E-state index contributed by atoms with van der Waals surface area (Å²) >= 11 is 7.34. The fourth-order valence-electron chi connectivity index (χ4n) is 2.46. The van der Waals surface area contributed by atoms with Gasteiger partial charge in [-0.25, -0.2) is 4.79 Å². The summed E-state index contributed by atoms with van der Waals surface area (Å²) in [7, 11) is 0. The van der Waals surface area contributed by atoms with E-state index in [0.717, 1.165) is 23.8 Å². The van der Waals surface area contributed by atoms with Gasteiger partial charge in [-0.2, -0.15) is 0 Å². The molecule has 1 aromatic heterocycles. The van der Waals surface area contributed by atoms with E-state index >= 15 is 0 Å². The maximum atomic E-state index is 12.1. The number of nitrogens with one attached hydrogen (secondary N) is 2. The van der Waals surface area contributed by atoms with Gasteiger partial charge in [0.25, 0.3) is 0 Å². The number of nitrogens with zero attached hydrogens (tertiary/aromatic N) is 3. The van der Waals surface area contributed by atoms with Gasteiger partial charge < -0.3 is 10.2 Å². The number of rotatable bonds is 3. The number of urea groups is 1. The highest BCUT2D eigenvalue weighted by Gasteiger charge is 2.16. The summed E-state index contributed by atoms with van der Waals surface area (Å²) in [5, 5.41) is 15.6. The first-order valence-corrected chi connectivity index (χ1v) is 8.74. The molecule has 2 amide bonds. The molecule has 1 aliphatic heterocycles. The zero-order valence-electron chi connectivity index (χ0n) is 12.8. The van der Waals surface area contributed by atoms with Crippen LogP contribution in [0.15, 0.2) is 18.2 Å². The first kappa shape index (κ1) is 16.0. The Labute approximate surface area is 143 Å². The van der Waals surface area contributed by atoms with E-state index in [4.69, 9.17) is 11.6 Å². The molecule has 0 radical (unpaired) electrons. The smallest absolute Gasteiger partial charge is 0.325 e. The lowest BCUT2D eigenvalue weighted by Gasteiger charge is -2.25. The standard InChI is InChI=1S/C15H18ClN5OS/c1-10-5-6-11(16)9-12(10)17-13(22)18-14-19-20-15(23-14)21-7-3-2-4-8-21/h5-6,9H,2-4,7-8H2,1H3,(H2,17,18,19,22). The van der Waals surface area contributed by atoms with Crippen LogP contribution in [0, 0.1) is 6.92 Å². The lowest BCUT2D eigenvalue weighted by atomic mass is 10.1. The molecule has 0 unspecified atom stereocenters. The number of halogens is 1. The topological polar surface area (TPSA) is 70.1 Å². The summed E-state index contributed by atoms with van der Waals surface area (Å²) in [4.78, 5) is 14.3. The molecule has 3 rings (SSSR count). The summed E-state index contributed by atoms with van der Waals surface area (Å²) in [6, 6.07) is 5.01. The Morgan fingerprint density at radius 2 is 2.00 bits per heavy atom. The van der Waals surface area contributed by atoms with Crippen LogP contribution in [0.3, 0.4) is 0 Å². The minimum absolute atomic E-state index is 0.350. The molecule has 1 aromatic carbocycles. The summed E-state index contributed by atoms with van der Waals surface area (Å²) in [5.41, 5.74) is 1.62. The van der Waals surface area contributed by atoms with Crippen molar-refractivity contribution in [2.75, 3.05) is 28.6 Å². The number of amides is 2. The van der Waals surface area contributed by atoms with Gasteiger partial charge in [0, 0.05) is 23.8 Å². The van der Waals surface area contributed by atoms with Crippen molar-refractivity contribution in [1.82, 2.24) is 10.2 Å². The van der Waals surface area contributed by atoms with Crippen molar-refractivity contribution in [1.29, 1.82) is 0 Å². The first-order chi connectivity index (χ1) is 11.1. The Kier molecular flexibility index (Phi) is 4.97. The maximum Gasteiger partial charge on any atom is 0.325 e. The molecular formula is C15H18ClN5OS. The van der Waals surface area contributed by atoms with E-state index < -0.39 is 0 Å². The van der Waals surface area contributed by atoms with Gasteiger partial charge in [-0.1, -0.05) is 29.0 Å². The Morgan fingerprint density at radius 1 is 1.22 bits per heavy atom. The van der Waals surface area contributed by atoms with Gasteiger partial charge in [0.15, 0.2) is 0 Å². The second-order valence-electron chi connectivity index (χ2n) is 5.48. The molecule has 1 fully saturated rings. The normalized spacial score (nSPS) is 14.6. The van der Waals surface area contributed by atoms with E-state index in [1.807, 2.05) is 13.0 Å². The van der Waals surface area contributed by atoms with Crippen LogP contribution in [-0.2, 0) is 0 Å². The monoisotopic (exact) mass is 351 g/mol. The fourth-order valence-corrected chi connectivity index (χ4v) is 3.42. The van der Waals surface area contributed by atoms with Crippen LogP contribution in [0.1, 0.15) is 24.8 Å². The number of carbonyl (C=O) groups excluding carboxylic acids is 1. The molecule has 0 bridgehead atoms. The van der Waals surface area contributed by atoms with E-state index in [-0.39, 0.29) is 6.03 Å². The van der Waals surface area contributed by atoms with Crippen LogP contribution >= 0.6 is 22.9 Å². The number of carbonyl (C=O) groups is 1. The Hall–Kier alpha value is -1.86. The second-order valence-corrected chi connectivity index (χ2v) is 6.87. The summed E-state index contributed by atoms with van der Waals surface area (Å²) in [6.45, 7) is 3.91. The SMILES string of the molecule is Cc1ccc(Cl)cc1NC(=O)Nc1nnc(N2CCCCC2)s1. The van der Waals surface area contributed by atoms with Crippen LogP contribution in [0.2, 0.25) is 5.02 Å². The number of hydrogen-bond acceptors (Lipinski definition) is 5. The van der Waals surface area contributed by atoms with E-state index in [1.165, 1.54) is 30.6 Å². The molecule has 6 nitrogen and oxygen atoms in total. The number of anilines is 3. The molecule has 0 spiro atoms. The van der Waals surface area contributed by atoms with Crippen LogP contribution < -0.4 is 15.5 Å². The molecule has 8 heteroatoms. The lowest BCUT2D eigenvalue weighted by Crippen LogP contribution is -2.29. The van der Waals surface area contributed by atoms with Crippen molar-refractivity contribution in [2.24, 2.45) is 0 Å². The van der Waals surface area contributed by atoms with Crippen molar-refractivity contribution in [3.05, 3.63) is 28.8 Å². The zero-order valence-corrected chi connectivity index (χ0v) is 14.4. The molecule has 23 heavy (non-hydrogen) atoms. The van der Waals surface area contributed by atoms with E-state index in [2.05, 4.69) is 25.7 Å². The quantitative estimate of drug-likeness (QED) is 0.872. The molecule has 2 heterocycles. The Balaban J connectivity index is 1.61. The zero-order chi connectivity index (χ0) is 16.2. The van der Waals surface area contributed by atoms with Crippen molar-refractivity contribution >= 4 is 44.9 Å². The van der Waals surface area contributed by atoms with Crippen LogP contribution in [-0.4, -0.2) is 29.3 Å². The number of benzene rings is 1. The van der Waals surface area contributed by atoms with Crippen molar-refractivity contribution in [3.63, 3.8) is 0 Å². The Bertz CT molecular complexity index is 699. The average molecular weight is 352 g/mol. The predicted octanol–water partition coefficient (Wildman–Crippen LogP) is 4.13. The maximum absolute atomic E-state index is 12.1. The second kappa shape index (κ2) is 7.14. The average Bonchev–Trinajstić information content (AvgIpc) is 3.00. The minimum Gasteiger partial charge on any atom is -0.347 e. The van der Waals surface area contributed by atoms with Crippen LogP contribution in [0.4, 0.5) is 20.7 Å². The van der Waals surface area contributed by atoms with Gasteiger partial charge in [0.2, 0.25) is 10.3 Å². The van der Waals surface area contributed by atoms with Gasteiger partial charge >= 0.3 is 6.03 Å². The van der Waals surface area contributed by atoms with E-state index in [0.29, 0.717) is 15.8 Å². The molecule has 0 aliphatic carbocycles. The molecule has 2 aromatic rings. The van der Waals surface area contributed by atoms with Crippen LogP contribution in [0.25, 0.3) is 0 Å².